The molecule has 0 N–H and O–H groups in total. The number of hydrogen-bond acceptors (Lipinski definition) is 4. The minimum absolute atomic E-state index is 0.158. The molecule has 0 radical (unpaired) electrons. The molecule has 0 aliphatic carbocycles. The van der Waals surface area contributed by atoms with Gasteiger partial charge in [-0.15, -0.1) is 0 Å². The zero-order valence-corrected chi connectivity index (χ0v) is 17.5. The summed E-state index contributed by atoms with van der Waals surface area (Å²) < 4.78 is 1.72. The summed E-state index contributed by atoms with van der Waals surface area (Å²) in [7, 11) is 1.54. The van der Waals surface area contributed by atoms with Gasteiger partial charge in [-0.3, -0.25) is 0 Å². The SMILES string of the molecule is COc1c(-c2nc(C(Cl)(Cl)Cl)nc(C(Cl)(Cl)Cl)n2)ccc2ccccc12. The van der Waals surface area contributed by atoms with Crippen molar-refractivity contribution in [2.75, 3.05) is 7.11 Å². The molecule has 0 atom stereocenters. The number of aromatic nitrogens is 3. The Morgan fingerprint density at radius 3 is 1.88 bits per heavy atom. The normalized spacial score (nSPS) is 12.4. The highest BCUT2D eigenvalue weighted by Crippen LogP contribution is 2.42. The molecular formula is C16H9Cl6N3O. The van der Waals surface area contributed by atoms with Crippen LogP contribution < -0.4 is 4.74 Å². The average molecular weight is 472 g/mol. The summed E-state index contributed by atoms with van der Waals surface area (Å²) in [5, 5.41) is 1.84. The third-order valence-electron chi connectivity index (χ3n) is 3.47. The zero-order valence-electron chi connectivity index (χ0n) is 13.0. The van der Waals surface area contributed by atoms with E-state index in [2.05, 4.69) is 15.0 Å². The third kappa shape index (κ3) is 4.06. The van der Waals surface area contributed by atoms with E-state index in [-0.39, 0.29) is 17.5 Å². The Kier molecular flexibility index (Phi) is 5.65. The number of ether oxygens (including phenoxy) is 1. The monoisotopic (exact) mass is 469 g/mol. The minimum atomic E-state index is -1.92. The first-order valence-electron chi connectivity index (χ1n) is 7.08. The number of alkyl halides is 6. The van der Waals surface area contributed by atoms with Crippen LogP contribution in [0.3, 0.4) is 0 Å². The zero-order chi connectivity index (χ0) is 19.1. The molecule has 3 rings (SSSR count). The number of hydrogen-bond donors (Lipinski definition) is 0. The topological polar surface area (TPSA) is 47.9 Å². The van der Waals surface area contributed by atoms with Gasteiger partial charge >= 0.3 is 0 Å². The Balaban J connectivity index is 2.31. The van der Waals surface area contributed by atoms with Gasteiger partial charge in [-0.05, 0) is 11.5 Å². The summed E-state index contributed by atoms with van der Waals surface area (Å²) in [5.41, 5.74) is 0.541. The van der Waals surface area contributed by atoms with Crippen molar-refractivity contribution >= 4 is 80.4 Å². The minimum Gasteiger partial charge on any atom is -0.495 e. The van der Waals surface area contributed by atoms with Crippen molar-refractivity contribution in [3.05, 3.63) is 48.0 Å². The van der Waals surface area contributed by atoms with Crippen molar-refractivity contribution in [3.63, 3.8) is 0 Å². The molecule has 0 bridgehead atoms. The van der Waals surface area contributed by atoms with Crippen LogP contribution in [0.15, 0.2) is 36.4 Å². The Bertz CT molecular complexity index is 936. The molecule has 1 heterocycles. The van der Waals surface area contributed by atoms with Crippen LogP contribution in [0.25, 0.3) is 22.2 Å². The first-order chi connectivity index (χ1) is 12.1. The van der Waals surface area contributed by atoms with Gasteiger partial charge in [-0.25, -0.2) is 15.0 Å². The maximum Gasteiger partial charge on any atom is 0.250 e. The molecule has 0 saturated carbocycles. The number of halogens is 6. The second kappa shape index (κ2) is 7.34. The van der Waals surface area contributed by atoms with Crippen LogP contribution in [-0.2, 0) is 7.59 Å². The van der Waals surface area contributed by atoms with Gasteiger partial charge in [-0.1, -0.05) is 99.9 Å². The Labute approximate surface area is 179 Å². The van der Waals surface area contributed by atoms with E-state index in [9.17, 15) is 0 Å². The van der Waals surface area contributed by atoms with Crippen LogP contribution in [-0.4, -0.2) is 22.1 Å². The molecule has 1 aromatic heterocycles. The summed E-state index contributed by atoms with van der Waals surface area (Å²) in [6.07, 6.45) is 0. The lowest BCUT2D eigenvalue weighted by Crippen LogP contribution is -2.17. The van der Waals surface area contributed by atoms with Gasteiger partial charge in [-0.2, -0.15) is 0 Å². The maximum absolute atomic E-state index is 5.93. The van der Waals surface area contributed by atoms with E-state index >= 15 is 0 Å². The molecule has 0 saturated heterocycles. The number of nitrogens with zero attached hydrogens (tertiary/aromatic N) is 3. The molecule has 0 aliphatic heterocycles. The molecule has 0 amide bonds. The van der Waals surface area contributed by atoms with Gasteiger partial charge < -0.3 is 4.74 Å². The number of fused-ring (bicyclic) bond motifs is 1. The van der Waals surface area contributed by atoms with Gasteiger partial charge in [0.25, 0.3) is 0 Å². The molecular weight excluding hydrogens is 463 g/mol. The fourth-order valence-electron chi connectivity index (χ4n) is 2.39. The highest BCUT2D eigenvalue weighted by molar-refractivity contribution is 6.67. The van der Waals surface area contributed by atoms with Crippen LogP contribution in [0.5, 0.6) is 5.75 Å². The summed E-state index contributed by atoms with van der Waals surface area (Å²) in [4.78, 5) is 12.4. The lowest BCUT2D eigenvalue weighted by atomic mass is 10.0. The predicted octanol–water partition coefficient (Wildman–Crippen LogP) is 6.35. The van der Waals surface area contributed by atoms with Crippen molar-refractivity contribution in [3.8, 4) is 17.1 Å². The molecule has 0 aliphatic rings. The molecule has 2 aromatic carbocycles. The second-order valence-electron chi connectivity index (χ2n) is 5.17. The third-order valence-corrected chi connectivity index (χ3v) is 4.48. The van der Waals surface area contributed by atoms with E-state index in [1.807, 2.05) is 30.3 Å². The van der Waals surface area contributed by atoms with Crippen LogP contribution in [0.2, 0.25) is 0 Å². The van der Waals surface area contributed by atoms with Gasteiger partial charge in [0.05, 0.1) is 12.7 Å². The predicted molar refractivity (Wildman–Crippen MR) is 108 cm³/mol. The first kappa shape index (κ1) is 20.0. The summed E-state index contributed by atoms with van der Waals surface area (Å²) in [6, 6.07) is 11.3. The van der Waals surface area contributed by atoms with Crippen molar-refractivity contribution in [2.24, 2.45) is 0 Å². The Morgan fingerprint density at radius 1 is 0.769 bits per heavy atom. The smallest absolute Gasteiger partial charge is 0.250 e. The molecule has 26 heavy (non-hydrogen) atoms. The van der Waals surface area contributed by atoms with Gasteiger partial charge in [0.2, 0.25) is 7.59 Å². The van der Waals surface area contributed by atoms with E-state index < -0.39 is 7.59 Å². The van der Waals surface area contributed by atoms with E-state index in [0.717, 1.165) is 10.8 Å². The van der Waals surface area contributed by atoms with Crippen molar-refractivity contribution in [1.29, 1.82) is 0 Å². The fourth-order valence-corrected chi connectivity index (χ4v) is 2.90. The molecule has 3 aromatic rings. The Hall–Kier alpha value is -0.750. The van der Waals surface area contributed by atoms with E-state index in [4.69, 9.17) is 74.3 Å². The van der Waals surface area contributed by atoms with Gasteiger partial charge in [0, 0.05) is 5.39 Å². The molecule has 4 nitrogen and oxygen atoms in total. The molecule has 136 valence electrons. The standard InChI is InChI=1S/C16H9Cl6N3O/c1-26-11-9-5-3-2-4-8(9)6-7-10(11)12-23-13(15(17,18)19)25-14(24-12)16(20,21)22/h2-7H,1H3. The summed E-state index contributed by atoms with van der Waals surface area (Å²) >= 11 is 35.6. The number of methoxy groups -OCH3 is 1. The van der Waals surface area contributed by atoms with Gasteiger partial charge in [0.15, 0.2) is 17.5 Å². The van der Waals surface area contributed by atoms with Crippen LogP contribution in [0.4, 0.5) is 0 Å². The lowest BCUT2D eigenvalue weighted by Gasteiger charge is -2.17. The number of rotatable bonds is 2. The second-order valence-corrected chi connectivity index (χ2v) is 9.73. The Morgan fingerprint density at radius 2 is 1.35 bits per heavy atom. The maximum atomic E-state index is 5.93. The molecule has 0 fully saturated rings. The van der Waals surface area contributed by atoms with Crippen molar-refractivity contribution in [2.45, 2.75) is 7.59 Å². The summed E-state index contributed by atoms with van der Waals surface area (Å²) in [5.74, 6) is 0.373. The van der Waals surface area contributed by atoms with Gasteiger partial charge in [0.1, 0.15) is 5.75 Å². The quantitative estimate of drug-likeness (QED) is 0.408. The summed E-state index contributed by atoms with van der Waals surface area (Å²) in [6.45, 7) is 0. The molecule has 10 heteroatoms. The average Bonchev–Trinajstić information content (AvgIpc) is 2.58. The van der Waals surface area contributed by atoms with Crippen LogP contribution >= 0.6 is 69.6 Å². The number of benzene rings is 2. The van der Waals surface area contributed by atoms with E-state index in [1.54, 1.807) is 6.07 Å². The fraction of sp³-hybridized carbons (Fsp3) is 0.188. The lowest BCUT2D eigenvalue weighted by molar-refractivity contribution is 0.421. The van der Waals surface area contributed by atoms with Crippen LogP contribution in [0.1, 0.15) is 11.6 Å². The molecule has 0 spiro atoms. The largest absolute Gasteiger partial charge is 0.495 e. The van der Waals surface area contributed by atoms with Crippen molar-refractivity contribution in [1.82, 2.24) is 15.0 Å². The highest BCUT2D eigenvalue weighted by atomic mass is 35.6. The highest BCUT2D eigenvalue weighted by Gasteiger charge is 2.34. The van der Waals surface area contributed by atoms with E-state index in [0.29, 0.717) is 11.3 Å². The van der Waals surface area contributed by atoms with Crippen LogP contribution in [0, 0.1) is 0 Å². The first-order valence-corrected chi connectivity index (χ1v) is 9.34. The van der Waals surface area contributed by atoms with E-state index in [1.165, 1.54) is 7.11 Å². The molecule has 0 unspecified atom stereocenters. The van der Waals surface area contributed by atoms with Crippen molar-refractivity contribution < 1.29 is 4.74 Å².